The predicted octanol–water partition coefficient (Wildman–Crippen LogP) is 2.54. The number of benzene rings is 1. The van der Waals surface area contributed by atoms with Gasteiger partial charge in [0.2, 0.25) is 5.91 Å². The number of amides is 1. The molecule has 1 amide bonds. The lowest BCUT2D eigenvalue weighted by molar-refractivity contribution is -0.157. The normalized spacial score (nSPS) is 13.2. The molecule has 1 atom stereocenters. The number of hydrogen-bond donors (Lipinski definition) is 2. The van der Waals surface area contributed by atoms with Gasteiger partial charge in [-0.3, -0.25) is 4.79 Å². The Kier molecular flexibility index (Phi) is 5.82. The fourth-order valence-electron chi connectivity index (χ4n) is 1.74. The quantitative estimate of drug-likeness (QED) is 0.751. The average Bonchev–Trinajstić information content (AvgIpc) is 2.32. The lowest BCUT2D eigenvalue weighted by Gasteiger charge is -2.22. The van der Waals surface area contributed by atoms with Crippen LogP contribution in [-0.2, 0) is 4.79 Å². The zero-order chi connectivity index (χ0) is 14.3. The summed E-state index contributed by atoms with van der Waals surface area (Å²) in [5, 5.41) is 2.47. The third kappa shape index (κ3) is 5.74. The van der Waals surface area contributed by atoms with Crippen molar-refractivity contribution in [1.29, 1.82) is 0 Å². The topological polar surface area (TPSA) is 55.1 Å². The zero-order valence-electron chi connectivity index (χ0n) is 10.4. The van der Waals surface area contributed by atoms with Crippen molar-refractivity contribution >= 4 is 5.91 Å². The number of carbonyl (C=O) groups is 1. The van der Waals surface area contributed by atoms with Gasteiger partial charge in [0.1, 0.15) is 6.04 Å². The van der Waals surface area contributed by atoms with Crippen molar-refractivity contribution in [3.05, 3.63) is 35.9 Å². The van der Waals surface area contributed by atoms with Gasteiger partial charge in [0, 0.05) is 6.42 Å². The van der Waals surface area contributed by atoms with Crippen LogP contribution in [0.1, 0.15) is 30.9 Å². The maximum absolute atomic E-state index is 12.9. The number of alkyl halides is 3. The van der Waals surface area contributed by atoms with Gasteiger partial charge in [-0.1, -0.05) is 30.3 Å². The van der Waals surface area contributed by atoms with Crippen LogP contribution in [0, 0.1) is 0 Å². The van der Waals surface area contributed by atoms with Gasteiger partial charge in [-0.05, 0) is 24.9 Å². The molecule has 19 heavy (non-hydrogen) atoms. The van der Waals surface area contributed by atoms with Crippen LogP contribution < -0.4 is 11.1 Å². The van der Waals surface area contributed by atoms with Crippen molar-refractivity contribution in [1.82, 2.24) is 5.32 Å². The van der Waals surface area contributed by atoms with Gasteiger partial charge in [-0.2, -0.15) is 13.2 Å². The monoisotopic (exact) mass is 274 g/mol. The molecule has 0 aromatic heterocycles. The molecule has 0 aliphatic heterocycles. The van der Waals surface area contributed by atoms with Crippen molar-refractivity contribution in [2.75, 3.05) is 6.54 Å². The lowest BCUT2D eigenvalue weighted by atomic mass is 10.1. The first-order valence-corrected chi connectivity index (χ1v) is 6.04. The molecule has 6 heteroatoms. The highest BCUT2D eigenvalue weighted by Crippen LogP contribution is 2.32. The van der Waals surface area contributed by atoms with Crippen LogP contribution in [0.5, 0.6) is 0 Å². The Morgan fingerprint density at radius 2 is 1.84 bits per heavy atom. The number of rotatable bonds is 7. The maximum Gasteiger partial charge on any atom is 0.407 e. The molecule has 0 saturated heterocycles. The van der Waals surface area contributed by atoms with Crippen molar-refractivity contribution in [3.63, 3.8) is 0 Å². The molecule has 0 saturated carbocycles. The Morgan fingerprint density at radius 3 is 2.37 bits per heavy atom. The van der Waals surface area contributed by atoms with Crippen molar-refractivity contribution in [2.45, 2.75) is 31.5 Å². The molecule has 1 aromatic carbocycles. The minimum Gasteiger partial charge on any atom is -0.370 e. The Labute approximate surface area is 110 Å². The molecule has 0 bridgehead atoms. The summed E-state index contributed by atoms with van der Waals surface area (Å²) in [6, 6.07) is 6.01. The van der Waals surface area contributed by atoms with E-state index in [1.165, 1.54) is 12.1 Å². The molecular formula is C13H17F3N2O. The van der Waals surface area contributed by atoms with E-state index in [0.29, 0.717) is 12.8 Å². The van der Waals surface area contributed by atoms with E-state index in [1.54, 1.807) is 18.2 Å². The summed E-state index contributed by atoms with van der Waals surface area (Å²) in [5.41, 5.74) is 5.14. The van der Waals surface area contributed by atoms with E-state index in [-0.39, 0.29) is 18.5 Å². The summed E-state index contributed by atoms with van der Waals surface area (Å²) >= 11 is 0. The Hall–Kier alpha value is -1.56. The summed E-state index contributed by atoms with van der Waals surface area (Å²) in [4.78, 5) is 10.5. The predicted molar refractivity (Wildman–Crippen MR) is 66.3 cm³/mol. The highest BCUT2D eigenvalue weighted by Gasteiger charge is 2.40. The molecule has 0 fully saturated rings. The Bertz CT molecular complexity index is 393. The molecule has 0 radical (unpaired) electrons. The van der Waals surface area contributed by atoms with E-state index < -0.39 is 18.1 Å². The third-order valence-corrected chi connectivity index (χ3v) is 2.66. The molecule has 3 nitrogen and oxygen atoms in total. The number of primary amides is 1. The fraction of sp³-hybridized carbons (Fsp3) is 0.462. The van der Waals surface area contributed by atoms with E-state index in [2.05, 4.69) is 5.32 Å². The molecule has 0 spiro atoms. The lowest BCUT2D eigenvalue weighted by Crippen LogP contribution is -2.34. The minimum absolute atomic E-state index is 0.185. The molecule has 0 heterocycles. The summed E-state index contributed by atoms with van der Waals surface area (Å²) in [6.45, 7) is 0.187. The number of halogens is 3. The molecule has 0 aliphatic carbocycles. The van der Waals surface area contributed by atoms with Crippen LogP contribution in [0.2, 0.25) is 0 Å². The van der Waals surface area contributed by atoms with E-state index in [1.807, 2.05) is 0 Å². The van der Waals surface area contributed by atoms with Crippen LogP contribution in [0.3, 0.4) is 0 Å². The highest BCUT2D eigenvalue weighted by molar-refractivity contribution is 5.73. The number of nitrogens with one attached hydrogen (secondary N) is 1. The van der Waals surface area contributed by atoms with Gasteiger partial charge in [-0.25, -0.2) is 0 Å². The summed E-state index contributed by atoms with van der Waals surface area (Å²) in [6.07, 6.45) is -3.18. The summed E-state index contributed by atoms with van der Waals surface area (Å²) in [7, 11) is 0. The van der Waals surface area contributed by atoms with Crippen molar-refractivity contribution < 1.29 is 18.0 Å². The molecule has 1 aromatic rings. The van der Waals surface area contributed by atoms with Crippen LogP contribution in [0.4, 0.5) is 13.2 Å². The summed E-state index contributed by atoms with van der Waals surface area (Å²) in [5.74, 6) is -0.435. The van der Waals surface area contributed by atoms with Crippen molar-refractivity contribution in [2.24, 2.45) is 5.73 Å². The number of carbonyl (C=O) groups excluding carboxylic acids is 1. The smallest absolute Gasteiger partial charge is 0.370 e. The van der Waals surface area contributed by atoms with Gasteiger partial charge in [0.05, 0.1) is 0 Å². The number of hydrogen-bond acceptors (Lipinski definition) is 2. The Balaban J connectivity index is 2.51. The third-order valence-electron chi connectivity index (χ3n) is 2.66. The molecule has 1 rings (SSSR count). The van der Waals surface area contributed by atoms with Crippen LogP contribution in [0.15, 0.2) is 30.3 Å². The molecule has 106 valence electrons. The van der Waals surface area contributed by atoms with Gasteiger partial charge < -0.3 is 11.1 Å². The van der Waals surface area contributed by atoms with Crippen LogP contribution in [-0.4, -0.2) is 18.6 Å². The van der Waals surface area contributed by atoms with E-state index in [9.17, 15) is 18.0 Å². The van der Waals surface area contributed by atoms with Gasteiger partial charge >= 0.3 is 6.18 Å². The van der Waals surface area contributed by atoms with E-state index in [0.717, 1.165) is 0 Å². The van der Waals surface area contributed by atoms with E-state index >= 15 is 0 Å². The molecule has 1 unspecified atom stereocenters. The number of nitrogens with two attached hydrogens (primary N) is 1. The second kappa shape index (κ2) is 7.13. The molecular weight excluding hydrogens is 257 g/mol. The maximum atomic E-state index is 12.9. The largest absolute Gasteiger partial charge is 0.407 e. The summed E-state index contributed by atoms with van der Waals surface area (Å²) < 4.78 is 38.7. The first kappa shape index (κ1) is 15.5. The standard InChI is InChI=1S/C13H17F3N2O/c14-13(15,16)12(10-6-2-1-3-7-10)18-9-5-4-8-11(17)19/h1-3,6-7,12,18H,4-5,8-9H2,(H2,17,19). The fourth-order valence-corrected chi connectivity index (χ4v) is 1.74. The average molecular weight is 274 g/mol. The first-order valence-electron chi connectivity index (χ1n) is 6.04. The van der Waals surface area contributed by atoms with Crippen molar-refractivity contribution in [3.8, 4) is 0 Å². The minimum atomic E-state index is -4.34. The zero-order valence-corrected chi connectivity index (χ0v) is 10.4. The Morgan fingerprint density at radius 1 is 1.21 bits per heavy atom. The molecule has 0 aliphatic rings. The van der Waals surface area contributed by atoms with E-state index in [4.69, 9.17) is 5.73 Å². The highest BCUT2D eigenvalue weighted by atomic mass is 19.4. The molecule has 3 N–H and O–H groups in total. The van der Waals surface area contributed by atoms with Gasteiger partial charge in [-0.15, -0.1) is 0 Å². The number of unbranched alkanes of at least 4 members (excludes halogenated alkanes) is 1. The second-order valence-electron chi connectivity index (χ2n) is 4.26. The van der Waals surface area contributed by atoms with Crippen LogP contribution in [0.25, 0.3) is 0 Å². The first-order chi connectivity index (χ1) is 8.91. The SMILES string of the molecule is NC(=O)CCCCNC(c1ccccc1)C(F)(F)F. The van der Waals surface area contributed by atoms with Gasteiger partial charge in [0.25, 0.3) is 0 Å². The van der Waals surface area contributed by atoms with Gasteiger partial charge in [0.15, 0.2) is 0 Å². The second-order valence-corrected chi connectivity index (χ2v) is 4.26. The van der Waals surface area contributed by atoms with Crippen LogP contribution >= 0.6 is 0 Å².